The Morgan fingerprint density at radius 3 is 2.84 bits per heavy atom. The van der Waals surface area contributed by atoms with E-state index in [1.807, 2.05) is 18.2 Å². The van der Waals surface area contributed by atoms with Gasteiger partial charge in [0, 0.05) is 5.33 Å². The molecule has 19 heavy (non-hydrogen) atoms. The first-order valence-corrected chi connectivity index (χ1v) is 7.70. The summed E-state index contributed by atoms with van der Waals surface area (Å²) < 4.78 is 11.4. The second kappa shape index (κ2) is 5.37. The minimum absolute atomic E-state index is 0.0152. The van der Waals surface area contributed by atoms with Gasteiger partial charge in [0.15, 0.2) is 5.76 Å². The van der Waals surface area contributed by atoms with Crippen molar-refractivity contribution in [2.45, 2.75) is 25.7 Å². The van der Waals surface area contributed by atoms with Crippen molar-refractivity contribution < 1.29 is 14.3 Å². The monoisotopic (exact) mass is 322 g/mol. The number of Topliss-reactive ketones (excluding diaryl/α,β-unsaturated/α-hetero) is 1. The number of alkyl halides is 1. The highest BCUT2D eigenvalue weighted by Crippen LogP contribution is 2.43. The Labute approximate surface area is 120 Å². The molecule has 0 amide bonds. The molecule has 1 heterocycles. The number of fused-ring (bicyclic) bond motifs is 1. The summed E-state index contributed by atoms with van der Waals surface area (Å²) in [4.78, 5) is 12.3. The van der Waals surface area contributed by atoms with Crippen LogP contribution in [0.5, 0.6) is 11.5 Å². The average molecular weight is 323 g/mol. The molecule has 1 aliphatic heterocycles. The Bertz CT molecular complexity index is 542. The molecule has 1 saturated carbocycles. The standard InChI is InChI=1S/C15H15BrO3/c16-8-1-2-9-18-11-4-3-5-12-13(11)14(17)15(19-12)10-6-7-10/h3-5H,1-2,6-9H2. The smallest absolute Gasteiger partial charge is 0.235 e. The van der Waals surface area contributed by atoms with Crippen LogP contribution in [0.2, 0.25) is 0 Å². The van der Waals surface area contributed by atoms with Gasteiger partial charge in [-0.05, 0) is 43.4 Å². The zero-order valence-electron chi connectivity index (χ0n) is 10.6. The first kappa shape index (κ1) is 12.7. The molecule has 0 radical (unpaired) electrons. The number of benzene rings is 1. The Balaban J connectivity index is 1.79. The van der Waals surface area contributed by atoms with Crippen molar-refractivity contribution >= 4 is 21.7 Å². The van der Waals surface area contributed by atoms with Crippen molar-refractivity contribution in [3.63, 3.8) is 0 Å². The molecular weight excluding hydrogens is 308 g/mol. The molecule has 1 aliphatic carbocycles. The molecule has 2 aliphatic rings. The molecule has 0 aromatic heterocycles. The van der Waals surface area contributed by atoms with E-state index in [1.54, 1.807) is 0 Å². The quantitative estimate of drug-likeness (QED) is 0.469. The lowest BCUT2D eigenvalue weighted by Crippen LogP contribution is -2.03. The summed E-state index contributed by atoms with van der Waals surface area (Å²) in [6, 6.07) is 5.54. The van der Waals surface area contributed by atoms with Gasteiger partial charge >= 0.3 is 0 Å². The second-order valence-electron chi connectivity index (χ2n) is 4.74. The average Bonchev–Trinajstić information content (AvgIpc) is 3.20. The number of carbonyl (C=O) groups is 1. The van der Waals surface area contributed by atoms with E-state index in [-0.39, 0.29) is 5.78 Å². The molecule has 1 aromatic carbocycles. The number of halogens is 1. The van der Waals surface area contributed by atoms with Gasteiger partial charge < -0.3 is 9.47 Å². The Morgan fingerprint density at radius 1 is 1.26 bits per heavy atom. The number of hydrogen-bond acceptors (Lipinski definition) is 3. The van der Waals surface area contributed by atoms with Gasteiger partial charge in [0.2, 0.25) is 5.78 Å². The fourth-order valence-corrected chi connectivity index (χ4v) is 2.51. The second-order valence-corrected chi connectivity index (χ2v) is 5.53. The van der Waals surface area contributed by atoms with Gasteiger partial charge in [-0.3, -0.25) is 4.79 Å². The van der Waals surface area contributed by atoms with Gasteiger partial charge in [0.1, 0.15) is 17.1 Å². The third kappa shape index (κ3) is 2.54. The van der Waals surface area contributed by atoms with Crippen LogP contribution in [-0.4, -0.2) is 17.7 Å². The van der Waals surface area contributed by atoms with Crippen LogP contribution >= 0.6 is 15.9 Å². The van der Waals surface area contributed by atoms with E-state index in [0.717, 1.165) is 36.6 Å². The van der Waals surface area contributed by atoms with Crippen molar-refractivity contribution in [2.24, 2.45) is 0 Å². The number of allylic oxidation sites excluding steroid dienone is 2. The molecule has 0 saturated heterocycles. The number of unbranched alkanes of at least 4 members (excludes halogenated alkanes) is 1. The minimum Gasteiger partial charge on any atom is -0.493 e. The molecule has 3 nitrogen and oxygen atoms in total. The van der Waals surface area contributed by atoms with Gasteiger partial charge in [0.05, 0.1) is 6.61 Å². The van der Waals surface area contributed by atoms with E-state index >= 15 is 0 Å². The van der Waals surface area contributed by atoms with Crippen LogP contribution < -0.4 is 9.47 Å². The first-order valence-electron chi connectivity index (χ1n) is 6.57. The third-order valence-electron chi connectivity index (χ3n) is 3.24. The summed E-state index contributed by atoms with van der Waals surface area (Å²) in [6.07, 6.45) is 4.00. The SMILES string of the molecule is O=C1C(=C2CC2)Oc2cccc(OCCCCBr)c21. The van der Waals surface area contributed by atoms with E-state index in [9.17, 15) is 4.79 Å². The molecule has 1 aromatic rings. The third-order valence-corrected chi connectivity index (χ3v) is 3.80. The molecule has 0 unspecified atom stereocenters. The summed E-state index contributed by atoms with van der Waals surface area (Å²) in [5.74, 6) is 1.80. The van der Waals surface area contributed by atoms with Crippen LogP contribution in [0.3, 0.4) is 0 Å². The number of ketones is 1. The molecule has 0 N–H and O–H groups in total. The van der Waals surface area contributed by atoms with Gasteiger partial charge in [0.25, 0.3) is 0 Å². The van der Waals surface area contributed by atoms with Crippen molar-refractivity contribution in [3.05, 3.63) is 35.1 Å². The van der Waals surface area contributed by atoms with Crippen LogP contribution in [-0.2, 0) is 0 Å². The van der Waals surface area contributed by atoms with Crippen molar-refractivity contribution in [1.82, 2.24) is 0 Å². The predicted octanol–water partition coefficient (Wildman–Crippen LogP) is 3.86. The van der Waals surface area contributed by atoms with Crippen molar-refractivity contribution in [2.75, 3.05) is 11.9 Å². The molecule has 100 valence electrons. The maximum Gasteiger partial charge on any atom is 0.235 e. The number of rotatable bonds is 5. The molecule has 4 heteroatoms. The van der Waals surface area contributed by atoms with Crippen LogP contribution in [0.15, 0.2) is 29.5 Å². The van der Waals surface area contributed by atoms with Crippen LogP contribution in [0.1, 0.15) is 36.0 Å². The van der Waals surface area contributed by atoms with E-state index < -0.39 is 0 Å². The zero-order chi connectivity index (χ0) is 13.2. The Kier molecular flexibility index (Phi) is 3.60. The number of hydrogen-bond donors (Lipinski definition) is 0. The van der Waals surface area contributed by atoms with Gasteiger partial charge in [-0.15, -0.1) is 0 Å². The molecule has 1 fully saturated rings. The van der Waals surface area contributed by atoms with Crippen LogP contribution in [0.25, 0.3) is 0 Å². The summed E-state index contributed by atoms with van der Waals surface area (Å²) in [5, 5.41) is 0.974. The number of carbonyl (C=O) groups excluding carboxylic acids is 1. The lowest BCUT2D eigenvalue weighted by atomic mass is 10.1. The Morgan fingerprint density at radius 2 is 2.11 bits per heavy atom. The highest BCUT2D eigenvalue weighted by atomic mass is 79.9. The maximum absolute atomic E-state index is 12.3. The Hall–Kier alpha value is -1.29. The molecular formula is C15H15BrO3. The van der Waals surface area contributed by atoms with Gasteiger partial charge in [-0.1, -0.05) is 22.0 Å². The summed E-state index contributed by atoms with van der Waals surface area (Å²) >= 11 is 3.39. The van der Waals surface area contributed by atoms with E-state index in [1.165, 1.54) is 0 Å². The molecule has 0 bridgehead atoms. The summed E-state index contributed by atoms with van der Waals surface area (Å²) in [6.45, 7) is 0.626. The fourth-order valence-electron chi connectivity index (χ4n) is 2.11. The van der Waals surface area contributed by atoms with Crippen molar-refractivity contribution in [3.8, 4) is 11.5 Å². The van der Waals surface area contributed by atoms with E-state index in [2.05, 4.69) is 15.9 Å². The summed E-state index contributed by atoms with van der Waals surface area (Å²) in [7, 11) is 0. The normalized spacial score (nSPS) is 16.4. The molecule has 0 atom stereocenters. The minimum atomic E-state index is -0.0152. The van der Waals surface area contributed by atoms with Crippen LogP contribution in [0.4, 0.5) is 0 Å². The van der Waals surface area contributed by atoms with E-state index in [0.29, 0.717) is 29.4 Å². The highest BCUT2D eigenvalue weighted by molar-refractivity contribution is 9.09. The highest BCUT2D eigenvalue weighted by Gasteiger charge is 2.35. The molecule has 0 spiro atoms. The number of ether oxygens (including phenoxy) is 2. The largest absolute Gasteiger partial charge is 0.493 e. The fraction of sp³-hybridized carbons (Fsp3) is 0.400. The maximum atomic E-state index is 12.3. The van der Waals surface area contributed by atoms with Gasteiger partial charge in [-0.25, -0.2) is 0 Å². The van der Waals surface area contributed by atoms with Crippen molar-refractivity contribution in [1.29, 1.82) is 0 Å². The topological polar surface area (TPSA) is 35.5 Å². The van der Waals surface area contributed by atoms with Crippen LogP contribution in [0, 0.1) is 0 Å². The predicted molar refractivity (Wildman–Crippen MR) is 76.2 cm³/mol. The van der Waals surface area contributed by atoms with E-state index in [4.69, 9.17) is 9.47 Å². The first-order chi connectivity index (χ1) is 9.31. The summed E-state index contributed by atoms with van der Waals surface area (Å²) in [5.41, 5.74) is 1.72. The lowest BCUT2D eigenvalue weighted by Gasteiger charge is -2.07. The lowest BCUT2D eigenvalue weighted by molar-refractivity contribution is 0.101. The molecule has 3 rings (SSSR count). The zero-order valence-corrected chi connectivity index (χ0v) is 12.2. The van der Waals surface area contributed by atoms with Gasteiger partial charge in [-0.2, -0.15) is 0 Å².